The molecule has 4 heteroatoms. The van der Waals surface area contributed by atoms with Crippen LogP contribution in [-0.2, 0) is 13.0 Å². The molecular formula is C29H41N3O. The van der Waals surface area contributed by atoms with Gasteiger partial charge in [-0.1, -0.05) is 68.9 Å². The van der Waals surface area contributed by atoms with Gasteiger partial charge in [-0.15, -0.1) is 0 Å². The molecule has 1 aromatic heterocycles. The summed E-state index contributed by atoms with van der Waals surface area (Å²) in [6.07, 6.45) is 16.3. The van der Waals surface area contributed by atoms with E-state index in [4.69, 9.17) is 5.10 Å². The minimum atomic E-state index is 0.0560. The summed E-state index contributed by atoms with van der Waals surface area (Å²) in [5, 5.41) is 8.44. The van der Waals surface area contributed by atoms with Gasteiger partial charge >= 0.3 is 0 Å². The van der Waals surface area contributed by atoms with E-state index in [1.807, 2.05) is 0 Å². The number of aromatic nitrogens is 2. The fourth-order valence-electron chi connectivity index (χ4n) is 6.74. The summed E-state index contributed by atoms with van der Waals surface area (Å²) >= 11 is 0. The summed E-state index contributed by atoms with van der Waals surface area (Å²) in [6.45, 7) is 3.17. The largest absolute Gasteiger partial charge is 0.348 e. The van der Waals surface area contributed by atoms with E-state index in [2.05, 4.69) is 47.3 Å². The van der Waals surface area contributed by atoms with Crippen molar-refractivity contribution in [1.29, 1.82) is 0 Å². The Morgan fingerprint density at radius 2 is 1.67 bits per heavy atom. The lowest BCUT2D eigenvalue weighted by Gasteiger charge is -2.28. The SMILES string of the molecule is CC(NC(=O)c1nn(CC2CCCCC2)c2c1CCCC2c1ccccc1)C1CCCCC1. The first-order valence-electron chi connectivity index (χ1n) is 13.7. The van der Waals surface area contributed by atoms with Crippen molar-refractivity contribution in [2.24, 2.45) is 11.8 Å². The maximum Gasteiger partial charge on any atom is 0.272 e. The van der Waals surface area contributed by atoms with E-state index in [1.54, 1.807) is 0 Å². The Morgan fingerprint density at radius 1 is 0.970 bits per heavy atom. The highest BCUT2D eigenvalue weighted by Gasteiger charge is 2.33. The highest BCUT2D eigenvalue weighted by Crippen LogP contribution is 2.39. The second-order valence-corrected chi connectivity index (χ2v) is 10.9. The molecule has 3 aliphatic carbocycles. The van der Waals surface area contributed by atoms with Crippen LogP contribution in [0.3, 0.4) is 0 Å². The minimum absolute atomic E-state index is 0.0560. The molecule has 5 rings (SSSR count). The van der Waals surface area contributed by atoms with Crippen LogP contribution in [0.25, 0.3) is 0 Å². The fourth-order valence-corrected chi connectivity index (χ4v) is 6.74. The van der Waals surface area contributed by atoms with Crippen molar-refractivity contribution in [2.75, 3.05) is 0 Å². The van der Waals surface area contributed by atoms with Crippen molar-refractivity contribution < 1.29 is 4.79 Å². The molecule has 2 saturated carbocycles. The van der Waals surface area contributed by atoms with E-state index < -0.39 is 0 Å². The Labute approximate surface area is 199 Å². The number of fused-ring (bicyclic) bond motifs is 1. The molecule has 2 aromatic rings. The zero-order valence-corrected chi connectivity index (χ0v) is 20.4. The lowest BCUT2D eigenvalue weighted by molar-refractivity contribution is 0.0912. The third-order valence-electron chi connectivity index (χ3n) is 8.63. The second kappa shape index (κ2) is 10.4. The third kappa shape index (κ3) is 5.05. The van der Waals surface area contributed by atoms with Crippen molar-refractivity contribution in [3.63, 3.8) is 0 Å². The topological polar surface area (TPSA) is 46.9 Å². The first-order chi connectivity index (χ1) is 16.2. The monoisotopic (exact) mass is 447 g/mol. The number of carbonyl (C=O) groups is 1. The van der Waals surface area contributed by atoms with Crippen molar-refractivity contribution in [3.8, 4) is 0 Å². The molecule has 178 valence electrons. The molecule has 0 radical (unpaired) electrons. The van der Waals surface area contributed by atoms with Crippen molar-refractivity contribution >= 4 is 5.91 Å². The molecule has 2 fully saturated rings. The van der Waals surface area contributed by atoms with Crippen LogP contribution in [0.1, 0.15) is 117 Å². The van der Waals surface area contributed by atoms with Crippen molar-refractivity contribution in [1.82, 2.24) is 15.1 Å². The van der Waals surface area contributed by atoms with Crippen LogP contribution in [0.5, 0.6) is 0 Å². The third-order valence-corrected chi connectivity index (χ3v) is 8.63. The average molecular weight is 448 g/mol. The van der Waals surface area contributed by atoms with Gasteiger partial charge in [0.15, 0.2) is 5.69 Å². The summed E-state index contributed by atoms with van der Waals surface area (Å²) < 4.78 is 2.27. The number of amides is 1. The Hall–Kier alpha value is -2.10. The van der Waals surface area contributed by atoms with E-state index in [9.17, 15) is 4.79 Å². The summed E-state index contributed by atoms with van der Waals surface area (Å²) in [5.41, 5.74) is 4.63. The summed E-state index contributed by atoms with van der Waals surface area (Å²) in [5.74, 6) is 1.71. The van der Waals surface area contributed by atoms with Gasteiger partial charge in [0.1, 0.15) is 0 Å². The Kier molecular flexibility index (Phi) is 7.18. The predicted octanol–water partition coefficient (Wildman–Crippen LogP) is 6.63. The number of hydrogen-bond acceptors (Lipinski definition) is 2. The van der Waals surface area contributed by atoms with Crippen LogP contribution in [-0.4, -0.2) is 21.7 Å². The Morgan fingerprint density at radius 3 is 2.39 bits per heavy atom. The Balaban J connectivity index is 1.44. The van der Waals surface area contributed by atoms with Gasteiger partial charge in [-0.25, -0.2) is 0 Å². The Bertz CT molecular complexity index is 922. The van der Waals surface area contributed by atoms with E-state index in [-0.39, 0.29) is 11.9 Å². The quantitative estimate of drug-likeness (QED) is 0.540. The zero-order chi connectivity index (χ0) is 22.6. The zero-order valence-electron chi connectivity index (χ0n) is 20.4. The lowest BCUT2D eigenvalue weighted by atomic mass is 9.81. The van der Waals surface area contributed by atoms with Gasteiger partial charge in [-0.05, 0) is 69.3 Å². The van der Waals surface area contributed by atoms with Crippen molar-refractivity contribution in [3.05, 3.63) is 52.8 Å². The number of benzene rings is 1. The molecule has 0 bridgehead atoms. The summed E-state index contributed by atoms with van der Waals surface area (Å²) in [6, 6.07) is 11.1. The maximum absolute atomic E-state index is 13.5. The van der Waals surface area contributed by atoms with Gasteiger partial charge in [0.25, 0.3) is 5.91 Å². The molecule has 3 aliphatic rings. The number of nitrogens with zero attached hydrogens (tertiary/aromatic N) is 2. The molecule has 0 spiro atoms. The van der Waals surface area contributed by atoms with E-state index in [1.165, 1.54) is 81.0 Å². The number of nitrogens with one attached hydrogen (secondary N) is 1. The van der Waals surface area contributed by atoms with Gasteiger partial charge in [0.2, 0.25) is 0 Å². The number of carbonyl (C=O) groups excluding carboxylic acids is 1. The van der Waals surface area contributed by atoms with Crippen LogP contribution in [0.15, 0.2) is 30.3 Å². The van der Waals surface area contributed by atoms with Crippen LogP contribution in [0.2, 0.25) is 0 Å². The average Bonchev–Trinajstić information content (AvgIpc) is 3.24. The second-order valence-electron chi connectivity index (χ2n) is 10.9. The molecule has 1 heterocycles. The molecule has 2 unspecified atom stereocenters. The standard InChI is InChI=1S/C29H41N3O/c1-21(23-14-7-3-8-15-23)30-29(33)27-26-19-11-18-25(24-16-9-4-10-17-24)28(26)32(31-27)20-22-12-5-2-6-13-22/h4,9-10,16-17,21-23,25H,2-3,5-8,11-15,18-20H2,1H3,(H,30,33). The number of rotatable bonds is 6. The van der Waals surface area contributed by atoms with Gasteiger partial charge in [-0.3, -0.25) is 9.48 Å². The first-order valence-corrected chi connectivity index (χ1v) is 13.7. The molecule has 4 nitrogen and oxygen atoms in total. The highest BCUT2D eigenvalue weighted by molar-refractivity contribution is 5.94. The van der Waals surface area contributed by atoms with Crippen molar-refractivity contribution in [2.45, 2.75) is 109 Å². The van der Waals surface area contributed by atoms with E-state index in [0.717, 1.165) is 25.8 Å². The van der Waals surface area contributed by atoms with E-state index in [0.29, 0.717) is 23.4 Å². The summed E-state index contributed by atoms with van der Waals surface area (Å²) in [7, 11) is 0. The smallest absolute Gasteiger partial charge is 0.272 e. The highest BCUT2D eigenvalue weighted by atomic mass is 16.2. The lowest BCUT2D eigenvalue weighted by Crippen LogP contribution is -2.39. The maximum atomic E-state index is 13.5. The van der Waals surface area contributed by atoms with Gasteiger partial charge in [0.05, 0.1) is 0 Å². The molecule has 2 atom stereocenters. The van der Waals surface area contributed by atoms with Gasteiger partial charge in [0, 0.05) is 29.8 Å². The van der Waals surface area contributed by atoms with Crippen LogP contribution < -0.4 is 5.32 Å². The van der Waals surface area contributed by atoms with Gasteiger partial charge in [-0.2, -0.15) is 5.10 Å². The fraction of sp³-hybridized carbons (Fsp3) is 0.655. The number of hydrogen-bond donors (Lipinski definition) is 1. The van der Waals surface area contributed by atoms with E-state index >= 15 is 0 Å². The van der Waals surface area contributed by atoms with Gasteiger partial charge < -0.3 is 5.32 Å². The molecule has 1 aromatic carbocycles. The van der Waals surface area contributed by atoms with Crippen LogP contribution in [0, 0.1) is 11.8 Å². The molecule has 1 amide bonds. The molecular weight excluding hydrogens is 406 g/mol. The van der Waals surface area contributed by atoms with Crippen LogP contribution in [0.4, 0.5) is 0 Å². The van der Waals surface area contributed by atoms with Crippen LogP contribution >= 0.6 is 0 Å². The molecule has 1 N–H and O–H groups in total. The summed E-state index contributed by atoms with van der Waals surface area (Å²) in [4.78, 5) is 13.5. The molecule has 0 saturated heterocycles. The predicted molar refractivity (Wildman–Crippen MR) is 134 cm³/mol. The normalized spacial score (nSPS) is 23.1. The molecule has 33 heavy (non-hydrogen) atoms. The first kappa shape index (κ1) is 22.7. The minimum Gasteiger partial charge on any atom is -0.348 e. The molecule has 0 aliphatic heterocycles.